The lowest BCUT2D eigenvalue weighted by atomic mass is 9.67. The first-order chi connectivity index (χ1) is 26.5. The predicted molar refractivity (Wildman–Crippen MR) is 225 cm³/mol. The van der Waals surface area contributed by atoms with Crippen molar-refractivity contribution in [1.29, 1.82) is 0 Å². The number of fused-ring (bicyclic) bond motifs is 14. The Morgan fingerprint density at radius 2 is 1.17 bits per heavy atom. The summed E-state index contributed by atoms with van der Waals surface area (Å²) in [5, 5.41) is 2.57. The van der Waals surface area contributed by atoms with Gasteiger partial charge in [-0.3, -0.25) is 0 Å². The summed E-state index contributed by atoms with van der Waals surface area (Å²) in [4.78, 5) is 2.57. The molecular formula is C52H42N2. The molecule has 12 rings (SSSR count). The highest BCUT2D eigenvalue weighted by Crippen LogP contribution is 2.67. The molecule has 54 heavy (non-hydrogen) atoms. The van der Waals surface area contributed by atoms with Gasteiger partial charge in [0.05, 0.1) is 16.7 Å². The van der Waals surface area contributed by atoms with Crippen molar-refractivity contribution >= 4 is 38.9 Å². The Labute approximate surface area is 317 Å². The zero-order valence-corrected chi connectivity index (χ0v) is 30.9. The van der Waals surface area contributed by atoms with Crippen molar-refractivity contribution in [1.82, 2.24) is 4.57 Å². The monoisotopic (exact) mass is 694 g/mol. The number of rotatable bonds is 4. The van der Waals surface area contributed by atoms with Crippen molar-refractivity contribution in [3.05, 3.63) is 180 Å². The number of hydrogen-bond acceptors (Lipinski definition) is 1. The normalized spacial score (nSPS) is 21.1. The molecule has 0 aliphatic heterocycles. The summed E-state index contributed by atoms with van der Waals surface area (Å²) in [7, 11) is 0. The molecule has 1 spiro atoms. The van der Waals surface area contributed by atoms with E-state index in [1.54, 1.807) is 11.1 Å². The van der Waals surface area contributed by atoms with E-state index in [1.807, 2.05) is 0 Å². The lowest BCUT2D eigenvalue weighted by molar-refractivity contribution is 0.327. The number of aromatic nitrogens is 1. The van der Waals surface area contributed by atoms with Crippen LogP contribution in [0, 0.1) is 11.8 Å². The molecule has 3 unspecified atom stereocenters. The van der Waals surface area contributed by atoms with Crippen molar-refractivity contribution in [2.75, 3.05) is 4.90 Å². The van der Waals surface area contributed by atoms with E-state index in [4.69, 9.17) is 0 Å². The van der Waals surface area contributed by atoms with Gasteiger partial charge in [-0.2, -0.15) is 0 Å². The summed E-state index contributed by atoms with van der Waals surface area (Å²) in [5.74, 6) is 1.56. The molecule has 0 saturated heterocycles. The van der Waals surface area contributed by atoms with Crippen molar-refractivity contribution in [2.45, 2.75) is 50.4 Å². The van der Waals surface area contributed by atoms with Gasteiger partial charge in [-0.1, -0.05) is 123 Å². The minimum Gasteiger partial charge on any atom is -0.310 e. The quantitative estimate of drug-likeness (QED) is 0.178. The third-order valence-corrected chi connectivity index (χ3v) is 14.1. The van der Waals surface area contributed by atoms with E-state index < -0.39 is 0 Å². The number of anilines is 3. The van der Waals surface area contributed by atoms with E-state index in [1.165, 1.54) is 104 Å². The van der Waals surface area contributed by atoms with Gasteiger partial charge in [0, 0.05) is 44.2 Å². The van der Waals surface area contributed by atoms with Gasteiger partial charge in [-0.15, -0.1) is 0 Å². The van der Waals surface area contributed by atoms with Gasteiger partial charge < -0.3 is 9.47 Å². The van der Waals surface area contributed by atoms with Crippen LogP contribution in [0.2, 0.25) is 0 Å². The van der Waals surface area contributed by atoms with E-state index in [-0.39, 0.29) is 10.8 Å². The van der Waals surface area contributed by atoms with E-state index in [0.717, 1.165) is 11.8 Å². The van der Waals surface area contributed by atoms with Gasteiger partial charge >= 0.3 is 0 Å². The number of para-hydroxylation sites is 2. The van der Waals surface area contributed by atoms with Crippen LogP contribution in [0.4, 0.5) is 17.1 Å². The SMILES string of the molecule is CC1(C)c2ccccc2-c2ccc(N(c3ccc(-n4c5ccccc5c5ccccc54)cc3)c3cccc4c3-c3ccccc3C43CC4CCC3C4)cc21. The summed E-state index contributed by atoms with van der Waals surface area (Å²) in [6.45, 7) is 4.78. The Morgan fingerprint density at radius 3 is 1.89 bits per heavy atom. The molecule has 1 aromatic heterocycles. The molecule has 2 heteroatoms. The highest BCUT2D eigenvalue weighted by atomic mass is 15.1. The number of benzene rings is 7. The van der Waals surface area contributed by atoms with Crippen LogP contribution in [-0.2, 0) is 10.8 Å². The smallest absolute Gasteiger partial charge is 0.0543 e. The lowest BCUT2D eigenvalue weighted by Crippen LogP contribution is -2.31. The van der Waals surface area contributed by atoms with E-state index in [2.05, 4.69) is 181 Å². The maximum absolute atomic E-state index is 2.57. The largest absolute Gasteiger partial charge is 0.310 e. The van der Waals surface area contributed by atoms with E-state index in [0.29, 0.717) is 0 Å². The molecule has 260 valence electrons. The van der Waals surface area contributed by atoms with Gasteiger partial charge in [0.2, 0.25) is 0 Å². The van der Waals surface area contributed by atoms with Gasteiger partial charge in [0.15, 0.2) is 0 Å². The zero-order chi connectivity index (χ0) is 35.8. The zero-order valence-electron chi connectivity index (χ0n) is 30.9. The van der Waals surface area contributed by atoms with Crippen molar-refractivity contribution in [2.24, 2.45) is 11.8 Å². The molecule has 7 aromatic carbocycles. The van der Waals surface area contributed by atoms with Crippen LogP contribution in [0.15, 0.2) is 158 Å². The first kappa shape index (κ1) is 30.6. The maximum Gasteiger partial charge on any atom is 0.0543 e. The standard InChI is InChI=1S/C52H42N2/c1-51(2)43-16-7-3-12-38(43)39-29-28-37(31-46(39)51)53(35-24-26-36(27-25-35)54-47-19-9-5-13-40(47)41-14-6-10-20-48(41)54)49-21-11-18-45-50(49)42-15-4-8-17-44(42)52(45)32-33-22-23-34(52)30-33/h3-21,24-29,31,33-34H,22-23,30,32H2,1-2H3. The average Bonchev–Trinajstić information content (AvgIpc) is 4.02. The molecule has 0 N–H and O–H groups in total. The fraction of sp³-hybridized carbons (Fsp3) is 0.192. The second-order valence-electron chi connectivity index (χ2n) is 16.9. The molecule has 2 bridgehead atoms. The molecule has 1 heterocycles. The van der Waals surface area contributed by atoms with Crippen molar-refractivity contribution < 1.29 is 0 Å². The molecule has 2 fully saturated rings. The third kappa shape index (κ3) is 3.91. The molecular weight excluding hydrogens is 653 g/mol. The minimum atomic E-state index is -0.0909. The highest BCUT2D eigenvalue weighted by Gasteiger charge is 2.57. The van der Waals surface area contributed by atoms with Crippen LogP contribution in [-0.4, -0.2) is 4.57 Å². The second kappa shape index (κ2) is 10.9. The first-order valence-corrected chi connectivity index (χ1v) is 19.9. The first-order valence-electron chi connectivity index (χ1n) is 19.9. The predicted octanol–water partition coefficient (Wildman–Crippen LogP) is 13.6. The van der Waals surface area contributed by atoms with E-state index >= 15 is 0 Å². The summed E-state index contributed by atoms with van der Waals surface area (Å²) < 4.78 is 2.42. The Kier molecular flexibility index (Phi) is 6.15. The Bertz CT molecular complexity index is 2780. The van der Waals surface area contributed by atoms with Crippen LogP contribution in [0.3, 0.4) is 0 Å². The maximum atomic E-state index is 2.57. The van der Waals surface area contributed by atoms with E-state index in [9.17, 15) is 0 Å². The molecule has 4 aliphatic carbocycles. The molecule has 2 nitrogen and oxygen atoms in total. The molecule has 8 aromatic rings. The van der Waals surface area contributed by atoms with Gasteiger partial charge in [0.1, 0.15) is 0 Å². The molecule has 0 amide bonds. The van der Waals surface area contributed by atoms with Crippen LogP contribution in [0.1, 0.15) is 61.8 Å². The summed E-state index contributed by atoms with van der Waals surface area (Å²) in [6, 6.07) is 59.7. The minimum absolute atomic E-state index is 0.0909. The average molecular weight is 695 g/mol. The fourth-order valence-electron chi connectivity index (χ4n) is 11.8. The van der Waals surface area contributed by atoms with Gasteiger partial charge in [0.25, 0.3) is 0 Å². The summed E-state index contributed by atoms with van der Waals surface area (Å²) in [5.41, 5.74) is 18.8. The van der Waals surface area contributed by atoms with Crippen LogP contribution >= 0.6 is 0 Å². The van der Waals surface area contributed by atoms with Crippen LogP contribution in [0.5, 0.6) is 0 Å². The van der Waals surface area contributed by atoms with Crippen LogP contribution in [0.25, 0.3) is 49.7 Å². The summed E-state index contributed by atoms with van der Waals surface area (Å²) in [6.07, 6.45) is 5.38. The Hall–Kier alpha value is -5.86. The molecule has 3 atom stereocenters. The highest BCUT2D eigenvalue weighted by molar-refractivity contribution is 6.09. The molecule has 0 radical (unpaired) electrons. The van der Waals surface area contributed by atoms with Crippen LogP contribution < -0.4 is 4.90 Å². The molecule has 2 saturated carbocycles. The van der Waals surface area contributed by atoms with Gasteiger partial charge in [-0.05, 0) is 125 Å². The van der Waals surface area contributed by atoms with Gasteiger partial charge in [-0.25, -0.2) is 0 Å². The number of nitrogens with zero attached hydrogens (tertiary/aromatic N) is 2. The Morgan fingerprint density at radius 1 is 0.537 bits per heavy atom. The molecule has 4 aliphatic rings. The lowest BCUT2D eigenvalue weighted by Gasteiger charge is -2.37. The van der Waals surface area contributed by atoms with Crippen molar-refractivity contribution in [3.63, 3.8) is 0 Å². The topological polar surface area (TPSA) is 8.17 Å². The second-order valence-corrected chi connectivity index (χ2v) is 16.9. The number of hydrogen-bond donors (Lipinski definition) is 0. The third-order valence-electron chi connectivity index (χ3n) is 14.1. The van der Waals surface area contributed by atoms with Crippen molar-refractivity contribution in [3.8, 4) is 27.9 Å². The summed E-state index contributed by atoms with van der Waals surface area (Å²) >= 11 is 0. The fourth-order valence-corrected chi connectivity index (χ4v) is 11.8. The Balaban J connectivity index is 1.08.